The zero-order valence-corrected chi connectivity index (χ0v) is 10.0. The van der Waals surface area contributed by atoms with Gasteiger partial charge in [0.25, 0.3) is 0 Å². The van der Waals surface area contributed by atoms with Crippen molar-refractivity contribution in [2.24, 2.45) is 17.1 Å². The number of aldehydes is 1. The summed E-state index contributed by atoms with van der Waals surface area (Å²) in [4.78, 5) is 33.3. The number of carbonyl (C=O) groups excluding carboxylic acids is 2. The third kappa shape index (κ3) is 2.17. The summed E-state index contributed by atoms with van der Waals surface area (Å²) in [6.45, 7) is 2.91. The van der Waals surface area contributed by atoms with Crippen LogP contribution in [0.1, 0.15) is 26.7 Å². The molecule has 0 aromatic rings. The molecule has 1 amide bonds. The Kier molecular flexibility index (Phi) is 3.56. The number of hydrogen-bond donors (Lipinski definition) is 3. The quantitative estimate of drug-likeness (QED) is 0.577. The molecule has 17 heavy (non-hydrogen) atoms. The fraction of sp³-hybridized carbons (Fsp3) is 0.727. The Morgan fingerprint density at radius 1 is 1.53 bits per heavy atom. The van der Waals surface area contributed by atoms with Crippen LogP contribution in [0.4, 0.5) is 0 Å². The van der Waals surface area contributed by atoms with E-state index in [1.165, 1.54) is 0 Å². The summed E-state index contributed by atoms with van der Waals surface area (Å²) in [6.07, 6.45) is 1.80. The van der Waals surface area contributed by atoms with Gasteiger partial charge in [0.05, 0.1) is 5.41 Å². The van der Waals surface area contributed by atoms with E-state index >= 15 is 0 Å². The van der Waals surface area contributed by atoms with Gasteiger partial charge >= 0.3 is 5.97 Å². The lowest BCUT2D eigenvalue weighted by Gasteiger charge is -2.38. The number of amides is 1. The maximum absolute atomic E-state index is 12.0. The number of carbonyl (C=O) groups is 3. The van der Waals surface area contributed by atoms with Crippen molar-refractivity contribution in [3.05, 3.63) is 0 Å². The van der Waals surface area contributed by atoms with E-state index in [0.717, 1.165) is 6.29 Å². The van der Waals surface area contributed by atoms with E-state index in [4.69, 9.17) is 10.8 Å². The molecule has 3 atom stereocenters. The van der Waals surface area contributed by atoms with Crippen LogP contribution < -0.4 is 11.1 Å². The lowest BCUT2D eigenvalue weighted by molar-refractivity contribution is -0.141. The van der Waals surface area contributed by atoms with Gasteiger partial charge in [-0.3, -0.25) is 9.59 Å². The van der Waals surface area contributed by atoms with Gasteiger partial charge in [-0.1, -0.05) is 0 Å². The molecule has 1 aliphatic rings. The van der Waals surface area contributed by atoms with Gasteiger partial charge in [0.15, 0.2) is 0 Å². The molecule has 1 saturated carbocycles. The van der Waals surface area contributed by atoms with E-state index in [9.17, 15) is 14.4 Å². The highest BCUT2D eigenvalue weighted by Gasteiger charge is 2.56. The third-order valence-corrected chi connectivity index (χ3v) is 3.98. The summed E-state index contributed by atoms with van der Waals surface area (Å²) >= 11 is 0. The SMILES string of the molecule is CC1(N)[C@@H](C=O)CC[C@]1(C)C(=O)NCC(=O)O. The maximum Gasteiger partial charge on any atom is 0.322 e. The summed E-state index contributed by atoms with van der Waals surface area (Å²) in [7, 11) is 0. The summed E-state index contributed by atoms with van der Waals surface area (Å²) < 4.78 is 0. The van der Waals surface area contributed by atoms with Crippen molar-refractivity contribution in [1.29, 1.82) is 0 Å². The third-order valence-electron chi connectivity index (χ3n) is 3.98. The van der Waals surface area contributed by atoms with Gasteiger partial charge < -0.3 is 21.0 Å². The first kappa shape index (κ1) is 13.6. The monoisotopic (exact) mass is 242 g/mol. The fourth-order valence-corrected chi connectivity index (χ4v) is 2.34. The normalized spacial score (nSPS) is 36.5. The highest BCUT2D eigenvalue weighted by atomic mass is 16.4. The molecular formula is C11H18N2O4. The number of nitrogens with two attached hydrogens (primary N) is 1. The van der Waals surface area contributed by atoms with Crippen molar-refractivity contribution < 1.29 is 19.5 Å². The van der Waals surface area contributed by atoms with Crippen LogP contribution in [0, 0.1) is 11.3 Å². The molecule has 1 aliphatic carbocycles. The van der Waals surface area contributed by atoms with Crippen LogP contribution in [0.5, 0.6) is 0 Å². The van der Waals surface area contributed by atoms with Crippen LogP contribution in [0.3, 0.4) is 0 Å². The fourth-order valence-electron chi connectivity index (χ4n) is 2.34. The van der Waals surface area contributed by atoms with Gasteiger partial charge in [0.1, 0.15) is 12.8 Å². The molecule has 6 nitrogen and oxygen atoms in total. The first-order chi connectivity index (χ1) is 7.75. The zero-order chi connectivity index (χ0) is 13.3. The molecule has 1 unspecified atom stereocenters. The molecule has 0 radical (unpaired) electrons. The van der Waals surface area contributed by atoms with Gasteiger partial charge in [-0.05, 0) is 26.7 Å². The van der Waals surface area contributed by atoms with E-state index in [-0.39, 0.29) is 5.92 Å². The van der Waals surface area contributed by atoms with Crippen molar-refractivity contribution >= 4 is 18.2 Å². The number of rotatable bonds is 4. The van der Waals surface area contributed by atoms with E-state index in [2.05, 4.69) is 5.32 Å². The molecule has 96 valence electrons. The van der Waals surface area contributed by atoms with Gasteiger partial charge in [0, 0.05) is 11.5 Å². The Hall–Kier alpha value is -1.43. The Balaban J connectivity index is 2.84. The number of carboxylic acids is 1. The van der Waals surface area contributed by atoms with Crippen LogP contribution in [0.25, 0.3) is 0 Å². The standard InChI is InChI=1S/C11H18N2O4/c1-10(9(17)13-5-8(15)16)4-3-7(6-14)11(10,2)12/h6-7H,3-5,12H2,1-2H3,(H,13,17)(H,15,16)/t7-,10-,11?/m1/s1. The van der Waals surface area contributed by atoms with Crippen LogP contribution in [-0.4, -0.2) is 35.4 Å². The zero-order valence-electron chi connectivity index (χ0n) is 10.0. The lowest BCUT2D eigenvalue weighted by atomic mass is 9.71. The molecular weight excluding hydrogens is 224 g/mol. The van der Waals surface area contributed by atoms with E-state index < -0.39 is 29.4 Å². The molecule has 0 aromatic carbocycles. The lowest BCUT2D eigenvalue weighted by Crippen LogP contribution is -2.59. The van der Waals surface area contributed by atoms with Gasteiger partial charge in [0.2, 0.25) is 5.91 Å². The average Bonchev–Trinajstić information content (AvgIpc) is 2.47. The molecule has 0 bridgehead atoms. The van der Waals surface area contributed by atoms with Crippen molar-refractivity contribution in [3.63, 3.8) is 0 Å². The molecule has 4 N–H and O–H groups in total. The van der Waals surface area contributed by atoms with Gasteiger partial charge in [-0.2, -0.15) is 0 Å². The van der Waals surface area contributed by atoms with Crippen molar-refractivity contribution in [2.75, 3.05) is 6.54 Å². The predicted molar refractivity (Wildman–Crippen MR) is 60.1 cm³/mol. The van der Waals surface area contributed by atoms with Crippen LogP contribution in [-0.2, 0) is 14.4 Å². The Labute approximate surface area is 99.6 Å². The van der Waals surface area contributed by atoms with Crippen molar-refractivity contribution in [1.82, 2.24) is 5.32 Å². The van der Waals surface area contributed by atoms with E-state index in [0.29, 0.717) is 12.8 Å². The average molecular weight is 242 g/mol. The maximum atomic E-state index is 12.0. The minimum absolute atomic E-state index is 0.372. The minimum Gasteiger partial charge on any atom is -0.480 e. The number of aliphatic carboxylic acids is 1. The summed E-state index contributed by atoms with van der Waals surface area (Å²) in [6, 6.07) is 0. The van der Waals surface area contributed by atoms with Crippen LogP contribution in [0.15, 0.2) is 0 Å². The second-order valence-electron chi connectivity index (χ2n) is 4.97. The van der Waals surface area contributed by atoms with Gasteiger partial charge in [-0.15, -0.1) is 0 Å². The van der Waals surface area contributed by atoms with E-state index in [1.54, 1.807) is 13.8 Å². The Morgan fingerprint density at radius 2 is 2.12 bits per heavy atom. The molecule has 6 heteroatoms. The van der Waals surface area contributed by atoms with Gasteiger partial charge in [-0.25, -0.2) is 0 Å². The smallest absolute Gasteiger partial charge is 0.322 e. The van der Waals surface area contributed by atoms with Crippen molar-refractivity contribution in [3.8, 4) is 0 Å². The molecule has 0 saturated heterocycles. The molecule has 0 heterocycles. The highest BCUT2D eigenvalue weighted by Crippen LogP contribution is 2.47. The first-order valence-electron chi connectivity index (χ1n) is 5.50. The summed E-state index contributed by atoms with van der Waals surface area (Å²) in [5.41, 5.74) is 4.22. The van der Waals surface area contributed by atoms with Crippen LogP contribution in [0.2, 0.25) is 0 Å². The number of carboxylic acid groups (broad SMARTS) is 1. The van der Waals surface area contributed by atoms with E-state index in [1.807, 2.05) is 0 Å². The molecule has 1 rings (SSSR count). The Morgan fingerprint density at radius 3 is 2.53 bits per heavy atom. The number of hydrogen-bond acceptors (Lipinski definition) is 4. The topological polar surface area (TPSA) is 109 Å². The highest BCUT2D eigenvalue weighted by molar-refractivity contribution is 5.88. The van der Waals surface area contributed by atoms with Crippen LogP contribution >= 0.6 is 0 Å². The second-order valence-corrected chi connectivity index (χ2v) is 4.97. The predicted octanol–water partition coefficient (Wildman–Crippen LogP) is -0.480. The summed E-state index contributed by atoms with van der Waals surface area (Å²) in [5, 5.41) is 10.8. The second kappa shape index (κ2) is 4.44. The summed E-state index contributed by atoms with van der Waals surface area (Å²) in [5.74, 6) is -1.89. The first-order valence-corrected chi connectivity index (χ1v) is 5.50. The molecule has 0 spiro atoms. The Bertz CT molecular complexity index is 353. The molecule has 0 aliphatic heterocycles. The van der Waals surface area contributed by atoms with Crippen molar-refractivity contribution in [2.45, 2.75) is 32.2 Å². The molecule has 1 fully saturated rings. The number of nitrogens with one attached hydrogen (secondary N) is 1. The molecule has 0 aromatic heterocycles. The minimum atomic E-state index is -1.11. The largest absolute Gasteiger partial charge is 0.480 e.